The Morgan fingerprint density at radius 1 is 1.06 bits per heavy atom. The summed E-state index contributed by atoms with van der Waals surface area (Å²) in [6, 6.07) is 11.9. The smallest absolute Gasteiger partial charge is 0.283 e. The highest BCUT2D eigenvalue weighted by Gasteiger charge is 2.29. The molecule has 168 valence electrons. The third-order valence-corrected chi connectivity index (χ3v) is 7.10. The maximum absolute atomic E-state index is 13.5. The van der Waals surface area contributed by atoms with E-state index in [2.05, 4.69) is 4.98 Å². The third kappa shape index (κ3) is 4.73. The van der Waals surface area contributed by atoms with Gasteiger partial charge in [0.05, 0.1) is 27.7 Å². The van der Waals surface area contributed by atoms with Crippen LogP contribution in [-0.2, 0) is 14.8 Å². The molecule has 2 N–H and O–H groups in total. The van der Waals surface area contributed by atoms with Crippen LogP contribution in [0.4, 0.5) is 4.39 Å². The van der Waals surface area contributed by atoms with Crippen molar-refractivity contribution in [1.29, 1.82) is 0 Å². The predicted molar refractivity (Wildman–Crippen MR) is 120 cm³/mol. The number of nitrogens with zero attached hydrogens (tertiary/aromatic N) is 2. The second kappa shape index (κ2) is 8.70. The van der Waals surface area contributed by atoms with Crippen LogP contribution in [0, 0.1) is 5.82 Å². The number of carbonyl (C=O) groups excluding carboxylic acids is 1. The highest BCUT2D eigenvalue weighted by Crippen LogP contribution is 2.38. The Balaban J connectivity index is 1.77. The molecule has 2 aromatic carbocycles. The van der Waals surface area contributed by atoms with Gasteiger partial charge in [0.15, 0.2) is 5.01 Å². The van der Waals surface area contributed by atoms with Crippen molar-refractivity contribution in [3.8, 4) is 21.7 Å². The van der Waals surface area contributed by atoms with E-state index in [0.29, 0.717) is 39.8 Å². The molecule has 1 saturated heterocycles. The lowest BCUT2D eigenvalue weighted by molar-refractivity contribution is -0.0586. The van der Waals surface area contributed by atoms with Gasteiger partial charge in [-0.2, -0.15) is 0 Å². The molecule has 2 heterocycles. The molecule has 0 bridgehead atoms. The minimum atomic E-state index is -3.83. The molecule has 32 heavy (non-hydrogen) atoms. The quantitative estimate of drug-likeness (QED) is 0.622. The first-order chi connectivity index (χ1) is 15.1. The summed E-state index contributed by atoms with van der Waals surface area (Å²) < 4.78 is 42.4. The monoisotopic (exact) mass is 475 g/mol. The van der Waals surface area contributed by atoms with Gasteiger partial charge < -0.3 is 9.64 Å². The highest BCUT2D eigenvalue weighted by atomic mass is 32.2. The van der Waals surface area contributed by atoms with Gasteiger partial charge in [0.2, 0.25) is 10.0 Å². The number of halogens is 1. The van der Waals surface area contributed by atoms with Gasteiger partial charge in [0.25, 0.3) is 5.91 Å². The number of morpholine rings is 1. The van der Waals surface area contributed by atoms with Gasteiger partial charge in [-0.05, 0) is 55.8 Å². The Morgan fingerprint density at radius 2 is 1.62 bits per heavy atom. The molecule has 2 unspecified atom stereocenters. The lowest BCUT2D eigenvalue weighted by Gasteiger charge is -2.34. The first-order valence-electron chi connectivity index (χ1n) is 9.96. The van der Waals surface area contributed by atoms with Crippen molar-refractivity contribution in [2.45, 2.75) is 31.0 Å². The Kier molecular flexibility index (Phi) is 6.13. The zero-order valence-corrected chi connectivity index (χ0v) is 19.1. The molecule has 2 atom stereocenters. The van der Waals surface area contributed by atoms with Crippen LogP contribution in [0.1, 0.15) is 23.6 Å². The van der Waals surface area contributed by atoms with Crippen LogP contribution >= 0.6 is 11.3 Å². The molecule has 1 amide bonds. The number of ether oxygens (including phenoxy) is 1. The van der Waals surface area contributed by atoms with Crippen molar-refractivity contribution in [2.24, 2.45) is 5.14 Å². The summed E-state index contributed by atoms with van der Waals surface area (Å²) in [7, 11) is -3.83. The second-order valence-electron chi connectivity index (χ2n) is 7.74. The number of sulfonamides is 1. The molecule has 1 fully saturated rings. The molecule has 1 aromatic heterocycles. The van der Waals surface area contributed by atoms with Gasteiger partial charge in [-0.15, -0.1) is 11.3 Å². The number of thiazole rings is 1. The molecule has 4 rings (SSSR count). The number of hydrogen-bond donors (Lipinski definition) is 1. The lowest BCUT2D eigenvalue weighted by Crippen LogP contribution is -2.48. The van der Waals surface area contributed by atoms with Crippen molar-refractivity contribution in [3.63, 3.8) is 0 Å². The van der Waals surface area contributed by atoms with E-state index in [1.807, 2.05) is 13.8 Å². The van der Waals surface area contributed by atoms with Gasteiger partial charge in [0.1, 0.15) is 5.82 Å². The third-order valence-electron chi connectivity index (χ3n) is 5.08. The summed E-state index contributed by atoms with van der Waals surface area (Å²) in [6.45, 7) is 4.76. The number of nitrogens with two attached hydrogens (primary N) is 1. The Morgan fingerprint density at radius 3 is 2.19 bits per heavy atom. The number of benzene rings is 2. The average Bonchev–Trinajstić information content (AvgIpc) is 3.18. The molecule has 0 radical (unpaired) electrons. The Hall–Kier alpha value is -2.66. The SMILES string of the molecule is CC1CN(C(=O)c2nc(-c3ccc(F)cc3)c(-c3ccc(S(N)(=O)=O)cc3)s2)CC(C)O1. The average molecular weight is 476 g/mol. The second-order valence-corrected chi connectivity index (χ2v) is 10.3. The molecule has 7 nitrogen and oxygen atoms in total. The standard InChI is InChI=1S/C22H22FN3O4S2/c1-13-11-26(12-14(2)30-13)22(27)21-25-19(15-3-7-17(23)8-4-15)20(31-21)16-5-9-18(10-6-16)32(24,28)29/h3-10,13-14H,11-12H2,1-2H3,(H2,24,28,29). The number of aromatic nitrogens is 1. The zero-order valence-electron chi connectivity index (χ0n) is 17.5. The molecule has 1 aliphatic rings. The fraction of sp³-hybridized carbons (Fsp3) is 0.273. The summed E-state index contributed by atoms with van der Waals surface area (Å²) >= 11 is 1.21. The number of primary sulfonamides is 1. The van der Waals surface area contributed by atoms with Gasteiger partial charge in [-0.3, -0.25) is 4.79 Å². The molecular weight excluding hydrogens is 453 g/mol. The van der Waals surface area contributed by atoms with E-state index in [1.165, 1.54) is 35.6 Å². The molecule has 3 aromatic rings. The van der Waals surface area contributed by atoms with Crippen LogP contribution in [-0.4, -0.2) is 49.5 Å². The minimum Gasteiger partial charge on any atom is -0.372 e. The first kappa shape index (κ1) is 22.5. The summed E-state index contributed by atoms with van der Waals surface area (Å²) in [5.41, 5.74) is 1.85. The van der Waals surface area contributed by atoms with E-state index in [4.69, 9.17) is 9.88 Å². The highest BCUT2D eigenvalue weighted by molar-refractivity contribution is 7.89. The maximum atomic E-state index is 13.5. The Bertz CT molecular complexity index is 1230. The van der Waals surface area contributed by atoms with Gasteiger partial charge >= 0.3 is 0 Å². The minimum absolute atomic E-state index is 0.0123. The molecule has 1 aliphatic heterocycles. The van der Waals surface area contributed by atoms with E-state index < -0.39 is 10.0 Å². The van der Waals surface area contributed by atoms with Crippen LogP contribution in [0.25, 0.3) is 21.7 Å². The zero-order chi connectivity index (χ0) is 23.0. The first-order valence-corrected chi connectivity index (χ1v) is 12.3. The molecule has 10 heteroatoms. The fourth-order valence-electron chi connectivity index (χ4n) is 3.69. The van der Waals surface area contributed by atoms with Gasteiger partial charge in [0, 0.05) is 18.7 Å². The summed E-state index contributed by atoms with van der Waals surface area (Å²) in [5, 5.41) is 5.50. The van der Waals surface area contributed by atoms with Crippen LogP contribution in [0.15, 0.2) is 53.4 Å². The molecule has 0 saturated carbocycles. The molecule has 0 aliphatic carbocycles. The van der Waals surface area contributed by atoms with Crippen molar-refractivity contribution in [2.75, 3.05) is 13.1 Å². The van der Waals surface area contributed by atoms with Crippen LogP contribution < -0.4 is 5.14 Å². The molecular formula is C22H22FN3O4S2. The van der Waals surface area contributed by atoms with Gasteiger partial charge in [-0.1, -0.05) is 12.1 Å². The normalized spacial score (nSPS) is 19.2. The van der Waals surface area contributed by atoms with Crippen molar-refractivity contribution in [1.82, 2.24) is 9.88 Å². The predicted octanol–water partition coefficient (Wildman–Crippen LogP) is 3.51. The van der Waals surface area contributed by atoms with E-state index in [9.17, 15) is 17.6 Å². The topological polar surface area (TPSA) is 103 Å². The Labute approximate surface area is 189 Å². The lowest BCUT2D eigenvalue weighted by atomic mass is 10.1. The van der Waals surface area contributed by atoms with Gasteiger partial charge in [-0.25, -0.2) is 22.9 Å². The van der Waals surface area contributed by atoms with Crippen molar-refractivity contribution < 1.29 is 22.3 Å². The van der Waals surface area contributed by atoms with Crippen molar-refractivity contribution >= 4 is 27.3 Å². The van der Waals surface area contributed by atoms with Crippen LogP contribution in [0.5, 0.6) is 0 Å². The van der Waals surface area contributed by atoms with E-state index in [0.717, 1.165) is 0 Å². The largest absolute Gasteiger partial charge is 0.372 e. The number of carbonyl (C=O) groups is 1. The summed E-state index contributed by atoms with van der Waals surface area (Å²) in [5.74, 6) is -0.580. The maximum Gasteiger partial charge on any atom is 0.283 e. The number of rotatable bonds is 4. The van der Waals surface area contributed by atoms with Crippen LogP contribution in [0.2, 0.25) is 0 Å². The summed E-state index contributed by atoms with van der Waals surface area (Å²) in [6.07, 6.45) is -0.158. The molecule has 0 spiro atoms. The number of amides is 1. The summed E-state index contributed by atoms with van der Waals surface area (Å²) in [4.78, 5) is 20.2. The fourth-order valence-corrected chi connectivity index (χ4v) is 5.26. The van der Waals surface area contributed by atoms with E-state index in [-0.39, 0.29) is 28.8 Å². The number of hydrogen-bond acceptors (Lipinski definition) is 6. The van der Waals surface area contributed by atoms with E-state index >= 15 is 0 Å². The van der Waals surface area contributed by atoms with Crippen LogP contribution in [0.3, 0.4) is 0 Å². The van der Waals surface area contributed by atoms with E-state index in [1.54, 1.807) is 29.2 Å². The van der Waals surface area contributed by atoms with Crippen molar-refractivity contribution in [3.05, 3.63) is 59.4 Å².